The van der Waals surface area contributed by atoms with Gasteiger partial charge in [0.05, 0.1) is 0 Å². The zero-order chi connectivity index (χ0) is 15.6. The first-order valence-corrected chi connectivity index (χ1v) is 9.78. The molecule has 0 spiro atoms. The van der Waals surface area contributed by atoms with Crippen LogP contribution in [0.25, 0.3) is 0 Å². The van der Waals surface area contributed by atoms with Crippen LogP contribution in [-0.2, 0) is 13.3 Å². The van der Waals surface area contributed by atoms with Crippen LogP contribution in [-0.4, -0.2) is 35.7 Å². The van der Waals surface area contributed by atoms with E-state index in [0.717, 1.165) is 12.5 Å². The van der Waals surface area contributed by atoms with E-state index in [4.69, 9.17) is 13.3 Å². The van der Waals surface area contributed by atoms with E-state index in [9.17, 15) is 0 Å². The normalized spacial score (nSPS) is 13.3. The number of rotatable bonds is 11. The summed E-state index contributed by atoms with van der Waals surface area (Å²) in [7, 11) is -0.558. The highest BCUT2D eigenvalue weighted by Gasteiger charge is 2.40. The fourth-order valence-corrected chi connectivity index (χ4v) is 5.13. The molecule has 1 aromatic carbocycles. The highest BCUT2D eigenvalue weighted by Crippen LogP contribution is 2.25. The fourth-order valence-electron chi connectivity index (χ4n) is 2.49. The van der Waals surface area contributed by atoms with E-state index in [2.05, 4.69) is 29.6 Å². The van der Waals surface area contributed by atoms with Crippen molar-refractivity contribution in [1.82, 2.24) is 5.32 Å². The Hall–Kier alpha value is -0.723. The SMILES string of the molecule is CCO[Si](CCC(NC)c1ccccc1)(OCC)OCC. The van der Waals surface area contributed by atoms with Crippen LogP contribution >= 0.6 is 0 Å². The van der Waals surface area contributed by atoms with Gasteiger partial charge in [-0.25, -0.2) is 0 Å². The third kappa shape index (κ3) is 5.88. The van der Waals surface area contributed by atoms with E-state index in [0.29, 0.717) is 25.9 Å². The summed E-state index contributed by atoms with van der Waals surface area (Å²) in [6.07, 6.45) is 0.937. The Morgan fingerprint density at radius 2 is 1.48 bits per heavy atom. The molecule has 0 heterocycles. The van der Waals surface area contributed by atoms with Crippen molar-refractivity contribution in [3.05, 3.63) is 35.9 Å². The third-order valence-electron chi connectivity index (χ3n) is 3.38. The van der Waals surface area contributed by atoms with E-state index in [1.807, 2.05) is 33.9 Å². The predicted octanol–water partition coefficient (Wildman–Crippen LogP) is 3.39. The van der Waals surface area contributed by atoms with Gasteiger partial charge in [-0.15, -0.1) is 0 Å². The molecule has 1 aromatic rings. The van der Waals surface area contributed by atoms with E-state index in [-0.39, 0.29) is 0 Å². The van der Waals surface area contributed by atoms with E-state index < -0.39 is 8.80 Å². The summed E-state index contributed by atoms with van der Waals surface area (Å²) >= 11 is 0. The topological polar surface area (TPSA) is 39.7 Å². The molecule has 1 atom stereocenters. The average Bonchev–Trinajstić information content (AvgIpc) is 2.50. The minimum Gasteiger partial charge on any atom is -0.374 e. The lowest BCUT2D eigenvalue weighted by molar-refractivity contribution is 0.0701. The first-order chi connectivity index (χ1) is 10.2. The van der Waals surface area contributed by atoms with Gasteiger partial charge in [-0.2, -0.15) is 0 Å². The predicted molar refractivity (Wildman–Crippen MR) is 88.3 cm³/mol. The van der Waals surface area contributed by atoms with Crippen LogP contribution in [0, 0.1) is 0 Å². The second-order valence-electron chi connectivity index (χ2n) is 4.77. The Labute approximate surface area is 130 Å². The molecule has 5 heteroatoms. The standard InChI is InChI=1S/C16H29NO3Si/c1-5-18-21(19-6-2,20-7-3)14-13-16(17-4)15-11-9-8-10-12-15/h8-12,16-17H,5-7,13-14H2,1-4H3. The summed E-state index contributed by atoms with van der Waals surface area (Å²) in [5.41, 5.74) is 1.28. The minimum absolute atomic E-state index is 0.291. The first-order valence-electron chi connectivity index (χ1n) is 7.85. The highest BCUT2D eigenvalue weighted by atomic mass is 28.4. The molecule has 0 bridgehead atoms. The van der Waals surface area contributed by atoms with Crippen LogP contribution in [0.5, 0.6) is 0 Å². The van der Waals surface area contributed by atoms with Gasteiger partial charge in [0, 0.05) is 31.9 Å². The molecule has 1 N–H and O–H groups in total. The van der Waals surface area contributed by atoms with Gasteiger partial charge in [0.2, 0.25) is 0 Å². The van der Waals surface area contributed by atoms with Gasteiger partial charge in [0.1, 0.15) is 0 Å². The van der Waals surface area contributed by atoms with E-state index in [1.165, 1.54) is 5.56 Å². The first kappa shape index (κ1) is 18.3. The second kappa shape index (κ2) is 10.1. The fraction of sp³-hybridized carbons (Fsp3) is 0.625. The van der Waals surface area contributed by atoms with Gasteiger partial charge in [0.25, 0.3) is 0 Å². The Balaban J connectivity index is 2.73. The van der Waals surface area contributed by atoms with Gasteiger partial charge in [-0.05, 0) is 39.8 Å². The van der Waals surface area contributed by atoms with Crippen molar-refractivity contribution in [2.45, 2.75) is 39.3 Å². The van der Waals surface area contributed by atoms with Gasteiger partial charge in [0.15, 0.2) is 0 Å². The molecule has 0 saturated heterocycles. The molecular formula is C16H29NO3Si. The molecule has 0 fully saturated rings. The van der Waals surface area contributed by atoms with Crippen molar-refractivity contribution in [2.24, 2.45) is 0 Å². The molecule has 1 rings (SSSR count). The molecule has 4 nitrogen and oxygen atoms in total. The third-order valence-corrected chi connectivity index (χ3v) is 6.47. The lowest BCUT2D eigenvalue weighted by Crippen LogP contribution is -2.46. The monoisotopic (exact) mass is 311 g/mol. The van der Waals surface area contributed by atoms with Gasteiger partial charge < -0.3 is 18.6 Å². The molecule has 0 aliphatic rings. The minimum atomic E-state index is -2.55. The highest BCUT2D eigenvalue weighted by molar-refractivity contribution is 6.60. The van der Waals surface area contributed by atoms with Gasteiger partial charge in [-0.3, -0.25) is 0 Å². The molecule has 0 radical (unpaired) electrons. The van der Waals surface area contributed by atoms with E-state index in [1.54, 1.807) is 0 Å². The van der Waals surface area contributed by atoms with Crippen LogP contribution in [0.3, 0.4) is 0 Å². The summed E-state index contributed by atoms with van der Waals surface area (Å²) in [5.74, 6) is 0. The Morgan fingerprint density at radius 3 is 1.90 bits per heavy atom. The summed E-state index contributed by atoms with van der Waals surface area (Å²) in [6.45, 7) is 7.86. The summed E-state index contributed by atoms with van der Waals surface area (Å²) in [6, 6.07) is 11.6. The molecule has 0 saturated carbocycles. The molecule has 120 valence electrons. The second-order valence-corrected chi connectivity index (χ2v) is 7.50. The lowest BCUT2D eigenvalue weighted by Gasteiger charge is -2.30. The zero-order valence-corrected chi connectivity index (χ0v) is 14.7. The molecule has 0 aliphatic heterocycles. The van der Waals surface area contributed by atoms with Crippen molar-refractivity contribution in [3.63, 3.8) is 0 Å². The molecule has 0 aromatic heterocycles. The van der Waals surface area contributed by atoms with Crippen molar-refractivity contribution >= 4 is 8.80 Å². The molecule has 1 unspecified atom stereocenters. The average molecular weight is 311 g/mol. The maximum atomic E-state index is 5.91. The summed E-state index contributed by atoms with van der Waals surface area (Å²) in [4.78, 5) is 0. The molecule has 21 heavy (non-hydrogen) atoms. The molecule has 0 aliphatic carbocycles. The van der Waals surface area contributed by atoms with Crippen LogP contribution in [0.2, 0.25) is 6.04 Å². The van der Waals surface area contributed by atoms with Crippen molar-refractivity contribution in [3.8, 4) is 0 Å². The largest absolute Gasteiger partial charge is 0.500 e. The Morgan fingerprint density at radius 1 is 0.952 bits per heavy atom. The van der Waals surface area contributed by atoms with Crippen molar-refractivity contribution in [1.29, 1.82) is 0 Å². The summed E-state index contributed by atoms with van der Waals surface area (Å²) in [5, 5.41) is 3.37. The van der Waals surface area contributed by atoms with Crippen LogP contribution in [0.4, 0.5) is 0 Å². The lowest BCUT2D eigenvalue weighted by atomic mass is 10.1. The van der Waals surface area contributed by atoms with Crippen LogP contribution in [0.1, 0.15) is 38.8 Å². The van der Waals surface area contributed by atoms with Crippen LogP contribution in [0.15, 0.2) is 30.3 Å². The maximum Gasteiger partial charge on any atom is 0.500 e. The maximum absolute atomic E-state index is 5.91. The number of benzene rings is 1. The number of hydrogen-bond acceptors (Lipinski definition) is 4. The smallest absolute Gasteiger partial charge is 0.374 e. The van der Waals surface area contributed by atoms with Crippen molar-refractivity contribution in [2.75, 3.05) is 26.9 Å². The quantitative estimate of drug-likeness (QED) is 0.636. The Bertz CT molecular complexity index is 358. The summed E-state index contributed by atoms with van der Waals surface area (Å²) < 4.78 is 17.7. The molecule has 0 amide bonds. The van der Waals surface area contributed by atoms with Crippen molar-refractivity contribution < 1.29 is 13.3 Å². The molecular weight excluding hydrogens is 282 g/mol. The zero-order valence-electron chi connectivity index (χ0n) is 13.7. The van der Waals surface area contributed by atoms with Crippen LogP contribution < -0.4 is 5.32 Å². The van der Waals surface area contributed by atoms with E-state index >= 15 is 0 Å². The number of hydrogen-bond donors (Lipinski definition) is 1. The Kier molecular flexibility index (Phi) is 8.80. The number of nitrogens with one attached hydrogen (secondary N) is 1. The van der Waals surface area contributed by atoms with Gasteiger partial charge >= 0.3 is 8.80 Å². The van der Waals surface area contributed by atoms with Gasteiger partial charge in [-0.1, -0.05) is 30.3 Å².